The minimum atomic E-state index is -0.921. The Morgan fingerprint density at radius 1 is 1.27 bits per heavy atom. The smallest absolute Gasteiger partial charge is 0.134 e. The van der Waals surface area contributed by atoms with Crippen LogP contribution in [-0.4, -0.2) is 17.1 Å². The third kappa shape index (κ3) is 3.67. The van der Waals surface area contributed by atoms with Crippen LogP contribution in [0.5, 0.6) is 5.75 Å². The zero-order chi connectivity index (χ0) is 11.1. The molecule has 0 spiro atoms. The Bertz CT molecular complexity index is 323. The van der Waals surface area contributed by atoms with Crippen molar-refractivity contribution in [2.24, 2.45) is 0 Å². The maximum absolute atomic E-state index is 11.9. The summed E-state index contributed by atoms with van der Waals surface area (Å²) >= 11 is 0. The minimum absolute atomic E-state index is 0.729. The van der Waals surface area contributed by atoms with Crippen LogP contribution in [0.2, 0.25) is 0 Å². The van der Waals surface area contributed by atoms with Crippen molar-refractivity contribution in [2.75, 3.05) is 12.9 Å². The largest absolute Gasteiger partial charge is 0.495 e. The molecule has 0 aliphatic rings. The SMILES string of the molecule is CCCCC[S@@](=O)c1ccccc1OC. The van der Waals surface area contributed by atoms with Crippen LogP contribution in [0, 0.1) is 0 Å². The van der Waals surface area contributed by atoms with Gasteiger partial charge in [0.1, 0.15) is 5.75 Å². The van der Waals surface area contributed by atoms with E-state index in [1.165, 1.54) is 0 Å². The van der Waals surface area contributed by atoms with E-state index in [2.05, 4.69) is 6.92 Å². The first-order valence-corrected chi connectivity index (χ1v) is 6.63. The molecule has 0 saturated carbocycles. The van der Waals surface area contributed by atoms with E-state index < -0.39 is 10.8 Å². The van der Waals surface area contributed by atoms with Gasteiger partial charge in [-0.25, -0.2) is 0 Å². The van der Waals surface area contributed by atoms with Gasteiger partial charge in [-0.3, -0.25) is 4.21 Å². The van der Waals surface area contributed by atoms with Gasteiger partial charge in [0.25, 0.3) is 0 Å². The van der Waals surface area contributed by atoms with Crippen LogP contribution in [0.3, 0.4) is 0 Å². The van der Waals surface area contributed by atoms with E-state index in [0.29, 0.717) is 0 Å². The average Bonchev–Trinajstić information content (AvgIpc) is 2.29. The number of unbranched alkanes of at least 4 members (excludes halogenated alkanes) is 2. The fourth-order valence-corrected chi connectivity index (χ4v) is 2.69. The summed E-state index contributed by atoms with van der Waals surface area (Å²) in [4.78, 5) is 0.816. The fraction of sp³-hybridized carbons (Fsp3) is 0.500. The summed E-state index contributed by atoms with van der Waals surface area (Å²) < 4.78 is 17.1. The summed E-state index contributed by atoms with van der Waals surface area (Å²) in [6, 6.07) is 7.52. The molecule has 15 heavy (non-hydrogen) atoms. The maximum atomic E-state index is 11.9. The summed E-state index contributed by atoms with van der Waals surface area (Å²) in [5, 5.41) is 0. The van der Waals surface area contributed by atoms with Crippen LogP contribution in [0.15, 0.2) is 29.2 Å². The molecular weight excluding hydrogens is 208 g/mol. The first-order chi connectivity index (χ1) is 7.29. The van der Waals surface area contributed by atoms with Crippen molar-refractivity contribution in [3.8, 4) is 5.75 Å². The summed E-state index contributed by atoms with van der Waals surface area (Å²) in [6.45, 7) is 2.14. The van der Waals surface area contributed by atoms with Crippen LogP contribution in [-0.2, 0) is 10.8 Å². The highest BCUT2D eigenvalue weighted by molar-refractivity contribution is 7.85. The van der Waals surface area contributed by atoms with E-state index in [1.807, 2.05) is 24.3 Å². The molecule has 0 aromatic heterocycles. The lowest BCUT2D eigenvalue weighted by Gasteiger charge is -2.07. The Balaban J connectivity index is 2.64. The van der Waals surface area contributed by atoms with E-state index in [9.17, 15) is 4.21 Å². The topological polar surface area (TPSA) is 26.3 Å². The summed E-state index contributed by atoms with van der Waals surface area (Å²) in [7, 11) is 0.692. The van der Waals surface area contributed by atoms with Gasteiger partial charge in [0.05, 0.1) is 22.8 Å². The second kappa shape index (κ2) is 6.62. The molecular formula is C12H18O2S. The highest BCUT2D eigenvalue weighted by Crippen LogP contribution is 2.21. The molecule has 0 radical (unpaired) electrons. The first kappa shape index (κ1) is 12.2. The molecule has 1 aromatic carbocycles. The van der Waals surface area contributed by atoms with E-state index in [4.69, 9.17) is 4.74 Å². The lowest BCUT2D eigenvalue weighted by Crippen LogP contribution is -2.00. The van der Waals surface area contributed by atoms with Crippen LogP contribution < -0.4 is 4.74 Å². The third-order valence-electron chi connectivity index (χ3n) is 2.25. The number of benzene rings is 1. The van der Waals surface area contributed by atoms with E-state index in [0.717, 1.165) is 35.7 Å². The van der Waals surface area contributed by atoms with E-state index >= 15 is 0 Å². The highest BCUT2D eigenvalue weighted by atomic mass is 32.2. The predicted molar refractivity (Wildman–Crippen MR) is 63.8 cm³/mol. The summed E-state index contributed by atoms with van der Waals surface area (Å²) in [5.74, 6) is 1.46. The first-order valence-electron chi connectivity index (χ1n) is 5.31. The van der Waals surface area contributed by atoms with Crippen molar-refractivity contribution in [1.82, 2.24) is 0 Å². The van der Waals surface area contributed by atoms with Gasteiger partial charge in [-0.2, -0.15) is 0 Å². The van der Waals surface area contributed by atoms with Crippen LogP contribution >= 0.6 is 0 Å². The van der Waals surface area contributed by atoms with Gasteiger partial charge in [0.2, 0.25) is 0 Å². The maximum Gasteiger partial charge on any atom is 0.134 e. The lowest BCUT2D eigenvalue weighted by atomic mass is 10.3. The number of rotatable bonds is 6. The predicted octanol–water partition coefficient (Wildman–Crippen LogP) is 2.99. The normalized spacial score (nSPS) is 12.4. The van der Waals surface area contributed by atoms with Gasteiger partial charge in [-0.15, -0.1) is 0 Å². The fourth-order valence-electron chi connectivity index (χ4n) is 1.40. The standard InChI is InChI=1S/C12H18O2S/c1-3-4-7-10-15(13)12-9-6-5-8-11(12)14-2/h5-6,8-9H,3-4,7,10H2,1-2H3/t15-/m1/s1. The molecule has 2 nitrogen and oxygen atoms in total. The molecule has 1 aromatic rings. The molecule has 1 rings (SSSR count). The zero-order valence-electron chi connectivity index (χ0n) is 9.36. The Morgan fingerprint density at radius 2 is 2.00 bits per heavy atom. The summed E-state index contributed by atoms with van der Waals surface area (Å²) in [6.07, 6.45) is 3.31. The monoisotopic (exact) mass is 226 g/mol. The van der Waals surface area contributed by atoms with Crippen molar-refractivity contribution < 1.29 is 8.95 Å². The van der Waals surface area contributed by atoms with Crippen LogP contribution in [0.1, 0.15) is 26.2 Å². The zero-order valence-corrected chi connectivity index (χ0v) is 10.2. The van der Waals surface area contributed by atoms with E-state index in [1.54, 1.807) is 7.11 Å². The molecule has 1 atom stereocenters. The lowest BCUT2D eigenvalue weighted by molar-refractivity contribution is 0.404. The second-order valence-electron chi connectivity index (χ2n) is 3.41. The van der Waals surface area contributed by atoms with Gasteiger partial charge in [0.15, 0.2) is 0 Å². The van der Waals surface area contributed by atoms with Crippen molar-refractivity contribution in [3.05, 3.63) is 24.3 Å². The molecule has 3 heteroatoms. The number of hydrogen-bond acceptors (Lipinski definition) is 2. The molecule has 0 aliphatic carbocycles. The van der Waals surface area contributed by atoms with Gasteiger partial charge in [-0.05, 0) is 18.6 Å². The molecule has 0 fully saturated rings. The van der Waals surface area contributed by atoms with Crippen LogP contribution in [0.25, 0.3) is 0 Å². The Hall–Kier alpha value is -0.830. The quantitative estimate of drug-likeness (QED) is 0.697. The highest BCUT2D eigenvalue weighted by Gasteiger charge is 2.08. The average molecular weight is 226 g/mol. The van der Waals surface area contributed by atoms with Gasteiger partial charge >= 0.3 is 0 Å². The third-order valence-corrected chi connectivity index (χ3v) is 3.73. The molecule has 0 saturated heterocycles. The Labute approximate surface area is 94.1 Å². The number of para-hydroxylation sites is 1. The van der Waals surface area contributed by atoms with Gasteiger partial charge < -0.3 is 4.74 Å². The molecule has 0 heterocycles. The minimum Gasteiger partial charge on any atom is -0.495 e. The van der Waals surface area contributed by atoms with Gasteiger partial charge in [-0.1, -0.05) is 31.9 Å². The number of methoxy groups -OCH3 is 1. The molecule has 0 N–H and O–H groups in total. The molecule has 0 bridgehead atoms. The van der Waals surface area contributed by atoms with Crippen LogP contribution in [0.4, 0.5) is 0 Å². The molecule has 0 unspecified atom stereocenters. The van der Waals surface area contributed by atoms with Crippen molar-refractivity contribution in [1.29, 1.82) is 0 Å². The molecule has 0 amide bonds. The van der Waals surface area contributed by atoms with E-state index in [-0.39, 0.29) is 0 Å². The Morgan fingerprint density at radius 3 is 2.67 bits per heavy atom. The second-order valence-corrected chi connectivity index (χ2v) is 4.95. The number of ether oxygens (including phenoxy) is 1. The van der Waals surface area contributed by atoms with Crippen molar-refractivity contribution in [2.45, 2.75) is 31.1 Å². The summed E-state index contributed by atoms with van der Waals surface area (Å²) in [5.41, 5.74) is 0. The molecule has 0 aliphatic heterocycles. The van der Waals surface area contributed by atoms with Gasteiger partial charge in [0, 0.05) is 5.75 Å². The molecule has 84 valence electrons. The number of hydrogen-bond donors (Lipinski definition) is 0. The van der Waals surface area contributed by atoms with Crippen molar-refractivity contribution in [3.63, 3.8) is 0 Å². The van der Waals surface area contributed by atoms with Crippen molar-refractivity contribution >= 4 is 10.8 Å². The Kier molecular flexibility index (Phi) is 5.40.